The maximum atomic E-state index is 14.5. The summed E-state index contributed by atoms with van der Waals surface area (Å²) in [4.78, 5) is 0. The molecule has 1 aromatic carbocycles. The Bertz CT molecular complexity index is 459. The van der Waals surface area contributed by atoms with Gasteiger partial charge in [0.15, 0.2) is 23.1 Å². The molecule has 1 aliphatic rings. The highest BCUT2D eigenvalue weighted by atomic mass is 19.1. The molecule has 1 atom stereocenters. The third-order valence-corrected chi connectivity index (χ3v) is 3.75. The number of ether oxygens (including phenoxy) is 3. The van der Waals surface area contributed by atoms with Crippen molar-refractivity contribution < 1.29 is 18.6 Å². The predicted molar refractivity (Wildman–Crippen MR) is 75.4 cm³/mol. The van der Waals surface area contributed by atoms with Crippen molar-refractivity contribution in [2.75, 3.05) is 27.9 Å². The van der Waals surface area contributed by atoms with Gasteiger partial charge < -0.3 is 19.5 Å². The van der Waals surface area contributed by atoms with Crippen molar-refractivity contribution in [1.29, 1.82) is 0 Å². The van der Waals surface area contributed by atoms with E-state index in [4.69, 9.17) is 14.2 Å². The molecule has 1 saturated heterocycles. The highest BCUT2D eigenvalue weighted by molar-refractivity contribution is 5.53. The van der Waals surface area contributed by atoms with E-state index in [1.165, 1.54) is 40.2 Å². The average Bonchev–Trinajstić information content (AvgIpc) is 2.50. The van der Waals surface area contributed by atoms with Crippen LogP contribution in [0, 0.1) is 5.82 Å². The van der Waals surface area contributed by atoms with Crippen LogP contribution in [0.15, 0.2) is 6.07 Å². The van der Waals surface area contributed by atoms with E-state index in [9.17, 15) is 4.39 Å². The van der Waals surface area contributed by atoms with Gasteiger partial charge in [-0.3, -0.25) is 0 Å². The Hall–Kier alpha value is -1.49. The third-order valence-electron chi connectivity index (χ3n) is 3.75. The predicted octanol–water partition coefficient (Wildman–Crippen LogP) is 2.54. The topological polar surface area (TPSA) is 39.7 Å². The summed E-state index contributed by atoms with van der Waals surface area (Å²) in [7, 11) is 4.52. The molecule has 1 aromatic rings. The summed E-state index contributed by atoms with van der Waals surface area (Å²) < 4.78 is 30.2. The molecule has 5 heteroatoms. The Morgan fingerprint density at radius 1 is 1.15 bits per heavy atom. The number of rotatable bonds is 5. The first-order valence-corrected chi connectivity index (χ1v) is 6.92. The first-order chi connectivity index (χ1) is 9.71. The van der Waals surface area contributed by atoms with Crippen molar-refractivity contribution >= 4 is 0 Å². The van der Waals surface area contributed by atoms with Gasteiger partial charge in [-0.1, -0.05) is 6.42 Å². The van der Waals surface area contributed by atoms with Gasteiger partial charge in [-0.05, 0) is 25.8 Å². The minimum Gasteiger partial charge on any atom is -0.494 e. The Balaban J connectivity index is 2.36. The lowest BCUT2D eigenvalue weighted by molar-refractivity contribution is 0.327. The molecule has 1 heterocycles. The van der Waals surface area contributed by atoms with E-state index in [1.54, 1.807) is 0 Å². The Labute approximate surface area is 119 Å². The van der Waals surface area contributed by atoms with Crippen LogP contribution in [0.5, 0.6) is 17.2 Å². The molecular formula is C15H22FNO3. The standard InChI is InChI=1S/C15H22FNO3/c1-18-12-9-13(19-2)15(20-3)11(14(12)16)8-10-6-4-5-7-17-10/h9-10,17H,4-8H2,1-3H3. The van der Waals surface area contributed by atoms with Crippen LogP contribution in [0.4, 0.5) is 4.39 Å². The van der Waals surface area contributed by atoms with Gasteiger partial charge in [-0.25, -0.2) is 4.39 Å². The Morgan fingerprint density at radius 2 is 1.90 bits per heavy atom. The van der Waals surface area contributed by atoms with Gasteiger partial charge in [-0.15, -0.1) is 0 Å². The smallest absolute Gasteiger partial charge is 0.172 e. The van der Waals surface area contributed by atoms with E-state index in [1.807, 2.05) is 0 Å². The number of benzene rings is 1. The van der Waals surface area contributed by atoms with Crippen LogP contribution in [0.1, 0.15) is 24.8 Å². The Morgan fingerprint density at radius 3 is 2.45 bits per heavy atom. The minimum absolute atomic E-state index is 0.188. The zero-order valence-electron chi connectivity index (χ0n) is 12.3. The lowest BCUT2D eigenvalue weighted by Gasteiger charge is -2.25. The van der Waals surface area contributed by atoms with Gasteiger partial charge in [0.25, 0.3) is 0 Å². The third kappa shape index (κ3) is 2.98. The summed E-state index contributed by atoms with van der Waals surface area (Å²) in [6.45, 7) is 0.982. The average molecular weight is 283 g/mol. The second-order valence-electron chi connectivity index (χ2n) is 4.96. The van der Waals surface area contributed by atoms with Crippen molar-refractivity contribution in [3.8, 4) is 17.2 Å². The normalized spacial score (nSPS) is 18.7. The van der Waals surface area contributed by atoms with Crippen LogP contribution in [0.3, 0.4) is 0 Å². The first kappa shape index (κ1) is 14.9. The molecule has 1 N–H and O–H groups in total. The largest absolute Gasteiger partial charge is 0.494 e. The maximum absolute atomic E-state index is 14.5. The highest BCUT2D eigenvalue weighted by Crippen LogP contribution is 2.39. The van der Waals surface area contributed by atoms with E-state index in [0.717, 1.165) is 13.0 Å². The maximum Gasteiger partial charge on any atom is 0.172 e. The van der Waals surface area contributed by atoms with Crippen molar-refractivity contribution in [2.24, 2.45) is 0 Å². The quantitative estimate of drug-likeness (QED) is 0.901. The van der Waals surface area contributed by atoms with E-state index < -0.39 is 0 Å². The molecule has 0 amide bonds. The highest BCUT2D eigenvalue weighted by Gasteiger charge is 2.24. The molecule has 0 aliphatic carbocycles. The number of piperidine rings is 1. The second-order valence-corrected chi connectivity index (χ2v) is 4.96. The Kier molecular flexibility index (Phi) is 5.06. The number of hydrogen-bond donors (Lipinski definition) is 1. The van der Waals surface area contributed by atoms with E-state index in [2.05, 4.69) is 5.32 Å². The number of hydrogen-bond acceptors (Lipinski definition) is 4. The number of nitrogens with one attached hydrogen (secondary N) is 1. The number of halogens is 1. The molecular weight excluding hydrogens is 261 g/mol. The summed E-state index contributed by atoms with van der Waals surface area (Å²) in [6, 6.07) is 1.79. The molecule has 0 spiro atoms. The van der Waals surface area contributed by atoms with Crippen LogP contribution in [-0.4, -0.2) is 33.9 Å². The molecule has 1 aliphatic heterocycles. The molecule has 1 fully saturated rings. The fourth-order valence-electron chi connectivity index (χ4n) is 2.70. The summed E-state index contributed by atoms with van der Waals surface area (Å²) in [6.07, 6.45) is 3.96. The van der Waals surface area contributed by atoms with Gasteiger partial charge in [0.05, 0.1) is 21.3 Å². The second kappa shape index (κ2) is 6.79. The molecule has 1 unspecified atom stereocenters. The van der Waals surface area contributed by atoms with Crippen molar-refractivity contribution in [3.63, 3.8) is 0 Å². The summed E-state index contributed by atoms with van der Waals surface area (Å²) in [5, 5.41) is 3.42. The molecule has 0 radical (unpaired) electrons. The first-order valence-electron chi connectivity index (χ1n) is 6.92. The van der Waals surface area contributed by atoms with Gasteiger partial charge in [0.2, 0.25) is 0 Å². The molecule has 4 nitrogen and oxygen atoms in total. The summed E-state index contributed by atoms with van der Waals surface area (Å²) >= 11 is 0. The number of methoxy groups -OCH3 is 3. The van der Waals surface area contributed by atoms with Gasteiger partial charge >= 0.3 is 0 Å². The van der Waals surface area contributed by atoms with E-state index in [0.29, 0.717) is 23.5 Å². The monoisotopic (exact) mass is 283 g/mol. The van der Waals surface area contributed by atoms with Crippen LogP contribution in [0.2, 0.25) is 0 Å². The molecule has 0 saturated carbocycles. The van der Waals surface area contributed by atoms with Crippen LogP contribution in [0.25, 0.3) is 0 Å². The van der Waals surface area contributed by atoms with Gasteiger partial charge in [0, 0.05) is 17.7 Å². The van der Waals surface area contributed by atoms with E-state index in [-0.39, 0.29) is 17.6 Å². The summed E-state index contributed by atoms with van der Waals surface area (Å²) in [5.41, 5.74) is 0.517. The fraction of sp³-hybridized carbons (Fsp3) is 0.600. The molecule has 2 rings (SSSR count). The molecule has 0 aromatic heterocycles. The van der Waals surface area contributed by atoms with Gasteiger partial charge in [-0.2, -0.15) is 0 Å². The molecule has 20 heavy (non-hydrogen) atoms. The zero-order chi connectivity index (χ0) is 14.5. The minimum atomic E-state index is -0.363. The SMILES string of the molecule is COc1cc(OC)c(OC)c(CC2CCCCN2)c1F. The van der Waals surface area contributed by atoms with Gasteiger partial charge in [0.1, 0.15) is 0 Å². The molecule has 112 valence electrons. The van der Waals surface area contributed by atoms with Crippen LogP contribution < -0.4 is 19.5 Å². The van der Waals surface area contributed by atoms with E-state index >= 15 is 0 Å². The van der Waals surface area contributed by atoms with Crippen LogP contribution >= 0.6 is 0 Å². The van der Waals surface area contributed by atoms with Crippen molar-refractivity contribution in [2.45, 2.75) is 31.7 Å². The summed E-state index contributed by atoms with van der Waals surface area (Å²) in [5.74, 6) is 0.778. The van der Waals surface area contributed by atoms with Crippen LogP contribution in [-0.2, 0) is 6.42 Å². The fourth-order valence-corrected chi connectivity index (χ4v) is 2.70. The lowest BCUT2D eigenvalue weighted by atomic mass is 9.96. The molecule has 0 bridgehead atoms. The van der Waals surface area contributed by atoms with Crippen molar-refractivity contribution in [3.05, 3.63) is 17.4 Å². The van der Waals surface area contributed by atoms with Crippen molar-refractivity contribution in [1.82, 2.24) is 5.32 Å². The lowest BCUT2D eigenvalue weighted by Crippen LogP contribution is -2.35. The zero-order valence-corrected chi connectivity index (χ0v) is 12.3.